The molecule has 2 aromatic rings. The zero-order valence-corrected chi connectivity index (χ0v) is 13.0. The Hall–Kier alpha value is -1.31. The van der Waals surface area contributed by atoms with Crippen molar-refractivity contribution in [3.05, 3.63) is 54.6 Å². The van der Waals surface area contributed by atoms with Gasteiger partial charge in [0.05, 0.1) is 0 Å². The molecular formula is C12H11O6PS2. The highest BCUT2D eigenvalue weighted by Crippen LogP contribution is 2.46. The van der Waals surface area contributed by atoms with Crippen molar-refractivity contribution < 1.29 is 25.9 Å². The second kappa shape index (κ2) is 5.82. The van der Waals surface area contributed by atoms with E-state index < -0.39 is 25.8 Å². The second-order valence-corrected chi connectivity index (χ2v) is 12.5. The molecule has 6 nitrogen and oxygen atoms in total. The molecule has 0 bridgehead atoms. The van der Waals surface area contributed by atoms with Gasteiger partial charge in [0, 0.05) is 5.30 Å². The molecule has 0 atom stereocenters. The van der Waals surface area contributed by atoms with Crippen LogP contribution in [0.2, 0.25) is 0 Å². The van der Waals surface area contributed by atoms with Gasteiger partial charge in [-0.05, 0) is 11.1 Å². The van der Waals surface area contributed by atoms with Gasteiger partial charge in [0.1, 0.15) is 0 Å². The Morgan fingerprint density at radius 1 is 0.667 bits per heavy atom. The van der Waals surface area contributed by atoms with Gasteiger partial charge >= 0.3 is 19.5 Å². The van der Waals surface area contributed by atoms with E-state index in [2.05, 4.69) is 0 Å². The molecule has 0 heterocycles. The third-order valence-corrected chi connectivity index (χ3v) is 11.3. The van der Waals surface area contributed by atoms with E-state index in [9.17, 15) is 16.8 Å². The molecule has 0 radical (unpaired) electrons. The van der Waals surface area contributed by atoms with E-state index in [4.69, 9.17) is 9.11 Å². The van der Waals surface area contributed by atoms with E-state index in [1.807, 2.05) is 30.3 Å². The molecule has 21 heavy (non-hydrogen) atoms. The molecule has 0 aliphatic heterocycles. The summed E-state index contributed by atoms with van der Waals surface area (Å²) in [4.78, 5) is 0. The Bertz CT molecular complexity index is 797. The van der Waals surface area contributed by atoms with Crippen LogP contribution < -0.4 is 5.30 Å². The molecule has 0 amide bonds. The maximum absolute atomic E-state index is 11.2. The lowest BCUT2D eigenvalue weighted by atomic mass is 10.1. The van der Waals surface area contributed by atoms with E-state index in [0.29, 0.717) is 0 Å². The van der Waals surface area contributed by atoms with Crippen LogP contribution in [0.25, 0.3) is 11.1 Å². The van der Waals surface area contributed by atoms with Crippen LogP contribution in [0, 0.1) is 0 Å². The zero-order chi connectivity index (χ0) is 15.7. The quantitative estimate of drug-likeness (QED) is 0.648. The first-order valence-electron chi connectivity index (χ1n) is 5.60. The number of rotatable bonds is 4. The van der Waals surface area contributed by atoms with E-state index in [1.54, 1.807) is 0 Å². The molecule has 0 spiro atoms. The van der Waals surface area contributed by atoms with Gasteiger partial charge in [0.15, 0.2) is 0 Å². The first-order chi connectivity index (χ1) is 9.69. The minimum absolute atomic E-state index is 0.172. The number of benzene rings is 2. The van der Waals surface area contributed by atoms with E-state index in [-0.39, 0.29) is 5.30 Å². The Kier molecular flexibility index (Phi) is 4.46. The number of hydrogen-bond acceptors (Lipinski definition) is 4. The fourth-order valence-corrected chi connectivity index (χ4v) is 8.14. The Balaban J connectivity index is 2.47. The molecule has 2 aromatic carbocycles. The van der Waals surface area contributed by atoms with Crippen molar-refractivity contribution in [2.75, 3.05) is 0 Å². The first kappa shape index (κ1) is 16.1. The van der Waals surface area contributed by atoms with E-state index in [1.165, 1.54) is 24.3 Å². The van der Waals surface area contributed by atoms with Gasteiger partial charge in [-0.25, -0.2) is 0 Å². The molecular weight excluding hydrogens is 335 g/mol. The second-order valence-electron chi connectivity index (χ2n) is 4.07. The lowest BCUT2D eigenvalue weighted by Crippen LogP contribution is -2.15. The largest absolute Gasteiger partial charge is 0.302 e. The van der Waals surface area contributed by atoms with Crippen LogP contribution in [0.4, 0.5) is 0 Å². The van der Waals surface area contributed by atoms with Crippen molar-refractivity contribution in [2.24, 2.45) is 0 Å². The third-order valence-electron chi connectivity index (χ3n) is 2.60. The molecule has 0 unspecified atom stereocenters. The van der Waals surface area contributed by atoms with Crippen LogP contribution in [-0.2, 0) is 19.5 Å². The van der Waals surface area contributed by atoms with Crippen molar-refractivity contribution in [3.63, 3.8) is 0 Å². The molecule has 0 aromatic heterocycles. The fourth-order valence-electron chi connectivity index (χ4n) is 1.79. The minimum atomic E-state index is -4.93. The topological polar surface area (TPSA) is 109 Å². The molecule has 112 valence electrons. The summed E-state index contributed by atoms with van der Waals surface area (Å²) < 4.78 is 62.7. The Morgan fingerprint density at radius 3 is 1.52 bits per heavy atom. The third kappa shape index (κ3) is 3.87. The van der Waals surface area contributed by atoms with Crippen molar-refractivity contribution in [1.82, 2.24) is 0 Å². The summed E-state index contributed by atoms with van der Waals surface area (Å²) >= 11 is 0. The van der Waals surface area contributed by atoms with E-state index in [0.717, 1.165) is 11.1 Å². The normalized spacial score (nSPS) is 12.5. The maximum Gasteiger partial charge on any atom is 0.302 e. The van der Waals surface area contributed by atoms with Gasteiger partial charge in [-0.2, -0.15) is 16.8 Å². The van der Waals surface area contributed by atoms with Crippen LogP contribution in [-0.4, -0.2) is 25.9 Å². The summed E-state index contributed by atoms with van der Waals surface area (Å²) in [6, 6.07) is 14.7. The predicted octanol–water partition coefficient (Wildman–Crippen LogP) is 2.07. The first-order valence-corrected chi connectivity index (χ1v) is 11.0. The zero-order valence-electron chi connectivity index (χ0n) is 10.5. The molecule has 0 aliphatic rings. The van der Waals surface area contributed by atoms with Gasteiger partial charge in [0.25, 0.3) is 0 Å². The van der Waals surface area contributed by atoms with Gasteiger partial charge in [-0.3, -0.25) is 9.11 Å². The van der Waals surface area contributed by atoms with Gasteiger partial charge in [-0.1, -0.05) is 54.6 Å². The number of hydrogen-bond donors (Lipinski definition) is 2. The lowest BCUT2D eigenvalue weighted by molar-refractivity contribution is 0.497. The molecule has 2 N–H and O–H groups in total. The fraction of sp³-hybridized carbons (Fsp3) is 0. The summed E-state index contributed by atoms with van der Waals surface area (Å²) in [7, 11) is -9.85. The summed E-state index contributed by atoms with van der Waals surface area (Å²) in [6.45, 7) is 0. The molecule has 2 rings (SSSR count). The Labute approximate surface area is 123 Å². The average Bonchev–Trinajstić information content (AvgIpc) is 2.37. The SMILES string of the molecule is O=S(=O)(O)P(c1ccc(-c2ccccc2)cc1)S(=O)(=O)O. The molecule has 0 saturated heterocycles. The van der Waals surface area contributed by atoms with Gasteiger partial charge in [-0.15, -0.1) is 0 Å². The van der Waals surface area contributed by atoms with Crippen LogP contribution >= 0.6 is 6.33 Å². The summed E-state index contributed by atoms with van der Waals surface area (Å²) in [5.74, 6) is 0. The molecule has 0 aliphatic carbocycles. The monoisotopic (exact) mass is 346 g/mol. The molecule has 9 heteroatoms. The van der Waals surface area contributed by atoms with Crippen LogP contribution in [0.3, 0.4) is 0 Å². The van der Waals surface area contributed by atoms with Crippen molar-refractivity contribution >= 4 is 31.1 Å². The minimum Gasteiger partial charge on any atom is -0.282 e. The maximum atomic E-state index is 11.2. The summed E-state index contributed by atoms with van der Waals surface area (Å²) in [6.07, 6.45) is -3.16. The van der Waals surface area contributed by atoms with E-state index >= 15 is 0 Å². The highest BCUT2D eigenvalue weighted by atomic mass is 33.1. The van der Waals surface area contributed by atoms with Crippen molar-refractivity contribution in [2.45, 2.75) is 0 Å². The average molecular weight is 346 g/mol. The van der Waals surface area contributed by atoms with Crippen molar-refractivity contribution in [3.8, 4) is 11.1 Å². The molecule has 0 fully saturated rings. The van der Waals surface area contributed by atoms with Gasteiger partial charge < -0.3 is 0 Å². The van der Waals surface area contributed by atoms with Crippen molar-refractivity contribution in [1.29, 1.82) is 0 Å². The van der Waals surface area contributed by atoms with Crippen LogP contribution in [0.15, 0.2) is 54.6 Å². The molecule has 0 saturated carbocycles. The van der Waals surface area contributed by atoms with Crippen LogP contribution in [0.1, 0.15) is 0 Å². The Morgan fingerprint density at radius 2 is 1.10 bits per heavy atom. The highest BCUT2D eigenvalue weighted by Gasteiger charge is 2.37. The van der Waals surface area contributed by atoms with Gasteiger partial charge in [0.2, 0.25) is 6.33 Å². The standard InChI is InChI=1S/C12H11O6PS2/c13-20(14,15)19(21(16,17)18)12-8-6-11(7-9-12)10-4-2-1-3-5-10/h1-9H,(H,13,14,15)(H,16,17,18). The lowest BCUT2D eigenvalue weighted by Gasteiger charge is -2.11. The van der Waals surface area contributed by atoms with Crippen LogP contribution in [0.5, 0.6) is 0 Å². The highest BCUT2D eigenvalue weighted by molar-refractivity contribution is 8.81. The summed E-state index contributed by atoms with van der Waals surface area (Å²) in [5, 5.41) is -0.172. The predicted molar refractivity (Wildman–Crippen MR) is 81.5 cm³/mol. The summed E-state index contributed by atoms with van der Waals surface area (Å²) in [5.41, 5.74) is 1.62. The smallest absolute Gasteiger partial charge is 0.282 e.